The Morgan fingerprint density at radius 1 is 1.10 bits per heavy atom. The molecule has 0 saturated heterocycles. The lowest BCUT2D eigenvalue weighted by atomic mass is 10.1. The number of rotatable bonds is 3. The monoisotopic (exact) mass is 296 g/mol. The Morgan fingerprint density at radius 3 is 2.15 bits per heavy atom. The topological polar surface area (TPSA) is 91.7 Å². The van der Waals surface area contributed by atoms with Gasteiger partial charge >= 0.3 is 5.97 Å². The van der Waals surface area contributed by atoms with Crippen molar-refractivity contribution in [1.29, 1.82) is 0 Å². The Labute approximate surface area is 117 Å². The van der Waals surface area contributed by atoms with E-state index in [1.807, 2.05) is 25.1 Å². The summed E-state index contributed by atoms with van der Waals surface area (Å²) in [6.07, 6.45) is 1.02. The molecule has 0 saturated carbocycles. The van der Waals surface area contributed by atoms with Gasteiger partial charge in [-0.25, -0.2) is 0 Å². The third-order valence-corrected chi connectivity index (χ3v) is 3.33. The molecule has 0 bridgehead atoms. The van der Waals surface area contributed by atoms with E-state index in [2.05, 4.69) is 0 Å². The van der Waals surface area contributed by atoms with Crippen LogP contribution >= 0.6 is 0 Å². The number of hydrogen-bond donors (Lipinski definition) is 2. The van der Waals surface area contributed by atoms with Crippen molar-refractivity contribution >= 4 is 26.9 Å². The Balaban J connectivity index is 0.000000286. The lowest BCUT2D eigenvalue weighted by Gasteiger charge is -1.99. The molecule has 0 fully saturated rings. The smallest absolute Gasteiger partial charge is 0.303 e. The van der Waals surface area contributed by atoms with Crippen LogP contribution in [0.2, 0.25) is 0 Å². The largest absolute Gasteiger partial charge is 0.481 e. The molecule has 0 unspecified atom stereocenters. The molecule has 0 aliphatic rings. The Morgan fingerprint density at radius 2 is 1.70 bits per heavy atom. The summed E-state index contributed by atoms with van der Waals surface area (Å²) in [6, 6.07) is 11.9. The van der Waals surface area contributed by atoms with Crippen molar-refractivity contribution in [2.75, 3.05) is 0 Å². The summed E-state index contributed by atoms with van der Waals surface area (Å²) >= 11 is 0. The molecule has 0 spiro atoms. The maximum atomic E-state index is 10.8. The van der Waals surface area contributed by atoms with Crippen LogP contribution in [0.1, 0.15) is 19.8 Å². The third-order valence-electron chi connectivity index (χ3n) is 2.48. The lowest BCUT2D eigenvalue weighted by molar-refractivity contribution is -0.137. The van der Waals surface area contributed by atoms with Crippen molar-refractivity contribution in [2.45, 2.75) is 24.7 Å². The summed E-state index contributed by atoms with van der Waals surface area (Å²) in [5.41, 5.74) is 0. The molecular weight excluding hydrogens is 280 g/mol. The summed E-state index contributed by atoms with van der Waals surface area (Å²) in [4.78, 5) is 9.53. The quantitative estimate of drug-likeness (QED) is 0.850. The molecule has 2 N–H and O–H groups in total. The highest BCUT2D eigenvalue weighted by Crippen LogP contribution is 2.18. The van der Waals surface area contributed by atoms with Gasteiger partial charge in [0.1, 0.15) is 0 Å². The fourth-order valence-electron chi connectivity index (χ4n) is 1.54. The van der Waals surface area contributed by atoms with Gasteiger partial charge in [-0.05, 0) is 29.3 Å². The summed E-state index contributed by atoms with van der Waals surface area (Å²) in [7, 11) is -4.09. The van der Waals surface area contributed by atoms with E-state index < -0.39 is 16.1 Å². The summed E-state index contributed by atoms with van der Waals surface area (Å²) < 4.78 is 30.5. The first-order chi connectivity index (χ1) is 9.34. The maximum Gasteiger partial charge on any atom is 0.303 e. The predicted molar refractivity (Wildman–Crippen MR) is 76.3 cm³/mol. The van der Waals surface area contributed by atoms with Gasteiger partial charge in [0.25, 0.3) is 10.1 Å². The molecule has 0 aromatic heterocycles. The average Bonchev–Trinajstić information content (AvgIpc) is 2.37. The van der Waals surface area contributed by atoms with Gasteiger partial charge in [-0.3, -0.25) is 9.35 Å². The van der Waals surface area contributed by atoms with Crippen molar-refractivity contribution in [2.24, 2.45) is 0 Å². The molecule has 20 heavy (non-hydrogen) atoms. The van der Waals surface area contributed by atoms with Crippen LogP contribution in [-0.4, -0.2) is 24.0 Å². The molecule has 2 rings (SSSR count). The van der Waals surface area contributed by atoms with Crippen molar-refractivity contribution in [3.05, 3.63) is 42.5 Å². The van der Waals surface area contributed by atoms with E-state index in [1.165, 1.54) is 12.1 Å². The third kappa shape index (κ3) is 4.99. The summed E-state index contributed by atoms with van der Waals surface area (Å²) in [6.45, 7) is 1.84. The molecule has 0 aliphatic carbocycles. The second kappa shape index (κ2) is 7.02. The number of fused-ring (bicyclic) bond motifs is 1. The highest BCUT2D eigenvalue weighted by atomic mass is 32.2. The zero-order valence-electron chi connectivity index (χ0n) is 11.0. The minimum absolute atomic E-state index is 0.0730. The van der Waals surface area contributed by atoms with Crippen molar-refractivity contribution in [1.82, 2.24) is 0 Å². The molecule has 0 amide bonds. The Bertz CT molecular complexity index is 692. The molecule has 0 radical (unpaired) electrons. The highest BCUT2D eigenvalue weighted by Gasteiger charge is 2.08. The minimum atomic E-state index is -4.09. The standard InChI is InChI=1S/C10H8O3S.C4H8O2/c11-14(12,13)10-6-5-8-3-1-2-4-9(8)7-10;1-2-3-4(5)6/h1-7H,(H,11,12,13);2-3H2,1H3,(H,5,6). The van der Waals surface area contributed by atoms with Crippen LogP contribution in [-0.2, 0) is 14.9 Å². The van der Waals surface area contributed by atoms with Crippen LogP contribution in [0.5, 0.6) is 0 Å². The normalized spacial score (nSPS) is 10.7. The fourth-order valence-corrected chi connectivity index (χ4v) is 2.06. The molecule has 2 aromatic carbocycles. The van der Waals surface area contributed by atoms with Crippen molar-refractivity contribution < 1.29 is 22.9 Å². The van der Waals surface area contributed by atoms with Gasteiger partial charge in [0, 0.05) is 6.42 Å². The van der Waals surface area contributed by atoms with Crippen molar-refractivity contribution in [3.8, 4) is 0 Å². The Hall–Kier alpha value is -1.92. The van der Waals surface area contributed by atoms with Gasteiger partial charge in [0.2, 0.25) is 0 Å². The molecule has 6 heteroatoms. The molecule has 0 heterocycles. The number of carbonyl (C=O) groups is 1. The van der Waals surface area contributed by atoms with Gasteiger partial charge < -0.3 is 5.11 Å². The van der Waals surface area contributed by atoms with Gasteiger partial charge in [-0.1, -0.05) is 37.3 Å². The highest BCUT2D eigenvalue weighted by molar-refractivity contribution is 7.85. The van der Waals surface area contributed by atoms with Gasteiger partial charge in [-0.15, -0.1) is 0 Å². The van der Waals surface area contributed by atoms with Crippen LogP contribution in [0, 0.1) is 0 Å². The van der Waals surface area contributed by atoms with E-state index in [0.717, 1.165) is 17.2 Å². The maximum absolute atomic E-state index is 10.8. The molecule has 0 aliphatic heterocycles. The predicted octanol–water partition coefficient (Wildman–Crippen LogP) is 2.96. The van der Waals surface area contributed by atoms with Crippen LogP contribution in [0.4, 0.5) is 0 Å². The zero-order chi connectivity index (χ0) is 15.2. The number of carboxylic acid groups (broad SMARTS) is 1. The molecular formula is C14H16O5S. The average molecular weight is 296 g/mol. The first-order valence-corrected chi connectivity index (χ1v) is 7.46. The van der Waals surface area contributed by atoms with Crippen molar-refractivity contribution in [3.63, 3.8) is 0 Å². The van der Waals surface area contributed by atoms with E-state index in [-0.39, 0.29) is 4.90 Å². The summed E-state index contributed by atoms with van der Waals surface area (Å²) in [5.74, 6) is -0.711. The number of carboxylic acids is 1. The van der Waals surface area contributed by atoms with Gasteiger partial charge in [-0.2, -0.15) is 8.42 Å². The van der Waals surface area contributed by atoms with E-state index in [0.29, 0.717) is 6.42 Å². The summed E-state index contributed by atoms with van der Waals surface area (Å²) in [5, 5.41) is 9.65. The zero-order valence-corrected chi connectivity index (χ0v) is 11.8. The first-order valence-electron chi connectivity index (χ1n) is 6.02. The first kappa shape index (κ1) is 16.1. The number of benzene rings is 2. The van der Waals surface area contributed by atoms with Crippen LogP contribution in [0.25, 0.3) is 10.8 Å². The minimum Gasteiger partial charge on any atom is -0.481 e. The molecule has 0 atom stereocenters. The van der Waals surface area contributed by atoms with Gasteiger partial charge in [0.15, 0.2) is 0 Å². The number of hydrogen-bond acceptors (Lipinski definition) is 3. The number of aliphatic carboxylic acids is 1. The van der Waals surface area contributed by atoms with Crippen LogP contribution in [0.3, 0.4) is 0 Å². The SMILES string of the molecule is CCCC(=O)O.O=S(=O)(O)c1ccc2ccccc2c1. The van der Waals surface area contributed by atoms with E-state index in [9.17, 15) is 13.2 Å². The fraction of sp³-hybridized carbons (Fsp3) is 0.214. The van der Waals surface area contributed by atoms with Gasteiger partial charge in [0.05, 0.1) is 4.90 Å². The second-order valence-electron chi connectivity index (χ2n) is 4.13. The second-order valence-corrected chi connectivity index (χ2v) is 5.55. The van der Waals surface area contributed by atoms with E-state index in [1.54, 1.807) is 12.1 Å². The van der Waals surface area contributed by atoms with E-state index >= 15 is 0 Å². The van der Waals surface area contributed by atoms with E-state index in [4.69, 9.17) is 9.66 Å². The molecule has 5 nitrogen and oxygen atoms in total. The van der Waals surface area contributed by atoms with Crippen LogP contribution in [0.15, 0.2) is 47.4 Å². The Kier molecular flexibility index (Phi) is 5.66. The van der Waals surface area contributed by atoms with Crippen LogP contribution < -0.4 is 0 Å². The molecule has 108 valence electrons. The molecule has 2 aromatic rings. The lowest BCUT2D eigenvalue weighted by Crippen LogP contribution is -1.97.